The highest BCUT2D eigenvalue weighted by molar-refractivity contribution is 7.09. The highest BCUT2D eigenvalue weighted by Crippen LogP contribution is 2.23. The minimum absolute atomic E-state index is 0.756. The number of nitrogens with one attached hydrogen (secondary N) is 1. The molecular weight excluding hydrogens is 260 g/mol. The van der Waals surface area contributed by atoms with E-state index in [0.29, 0.717) is 0 Å². The molecule has 0 amide bonds. The van der Waals surface area contributed by atoms with Crippen LogP contribution in [0.5, 0.6) is 11.5 Å². The minimum atomic E-state index is 0.756. The van der Waals surface area contributed by atoms with Gasteiger partial charge in [0.2, 0.25) is 0 Å². The summed E-state index contributed by atoms with van der Waals surface area (Å²) < 4.78 is 10.6. The van der Waals surface area contributed by atoms with E-state index in [9.17, 15) is 0 Å². The lowest BCUT2D eigenvalue weighted by Crippen LogP contribution is -2.17. The molecule has 0 atom stereocenters. The van der Waals surface area contributed by atoms with Gasteiger partial charge in [-0.15, -0.1) is 11.3 Å². The summed E-state index contributed by atoms with van der Waals surface area (Å²) in [6.45, 7) is 1.65. The molecule has 19 heavy (non-hydrogen) atoms. The second-order valence-electron chi connectivity index (χ2n) is 4.03. The number of rotatable bonds is 7. The molecule has 0 unspecified atom stereocenters. The number of hydrogen-bond acceptors (Lipinski definition) is 5. The maximum Gasteiger partial charge on any atom is 0.123 e. The first-order valence-corrected chi connectivity index (χ1v) is 7.01. The monoisotopic (exact) mass is 278 g/mol. The molecule has 0 aliphatic carbocycles. The zero-order valence-corrected chi connectivity index (χ0v) is 12.0. The number of methoxy groups -OCH3 is 2. The van der Waals surface area contributed by atoms with Gasteiger partial charge in [0, 0.05) is 36.7 Å². The summed E-state index contributed by atoms with van der Waals surface area (Å²) in [4.78, 5) is 4.26. The van der Waals surface area contributed by atoms with Crippen LogP contribution in [0.3, 0.4) is 0 Å². The van der Waals surface area contributed by atoms with E-state index < -0.39 is 0 Å². The van der Waals surface area contributed by atoms with Crippen LogP contribution in [0.1, 0.15) is 10.6 Å². The number of hydrogen-bond donors (Lipinski definition) is 1. The smallest absolute Gasteiger partial charge is 0.123 e. The summed E-state index contributed by atoms with van der Waals surface area (Å²) in [6.07, 6.45) is 2.79. The highest BCUT2D eigenvalue weighted by atomic mass is 32.1. The van der Waals surface area contributed by atoms with Crippen LogP contribution in [-0.2, 0) is 13.0 Å². The van der Waals surface area contributed by atoms with Gasteiger partial charge in [-0.05, 0) is 18.2 Å². The fourth-order valence-corrected chi connectivity index (χ4v) is 2.44. The van der Waals surface area contributed by atoms with E-state index in [0.717, 1.165) is 41.6 Å². The Morgan fingerprint density at radius 2 is 2.16 bits per heavy atom. The van der Waals surface area contributed by atoms with Crippen LogP contribution >= 0.6 is 11.3 Å². The Hall–Kier alpha value is -1.59. The van der Waals surface area contributed by atoms with E-state index in [4.69, 9.17) is 9.47 Å². The van der Waals surface area contributed by atoms with Crippen LogP contribution in [-0.4, -0.2) is 25.7 Å². The number of nitrogens with zero attached hydrogens (tertiary/aromatic N) is 1. The third kappa shape index (κ3) is 3.94. The van der Waals surface area contributed by atoms with Gasteiger partial charge in [-0.25, -0.2) is 4.98 Å². The predicted molar refractivity (Wildman–Crippen MR) is 77.1 cm³/mol. The molecule has 1 aromatic carbocycles. The molecule has 1 N–H and O–H groups in total. The summed E-state index contributed by atoms with van der Waals surface area (Å²) in [5, 5.41) is 6.56. The van der Waals surface area contributed by atoms with Crippen molar-refractivity contribution in [3.05, 3.63) is 40.3 Å². The summed E-state index contributed by atoms with van der Waals surface area (Å²) in [5.41, 5.74) is 1.10. The zero-order chi connectivity index (χ0) is 13.5. The molecule has 4 nitrogen and oxygen atoms in total. The average molecular weight is 278 g/mol. The van der Waals surface area contributed by atoms with Crippen LogP contribution in [0.25, 0.3) is 0 Å². The van der Waals surface area contributed by atoms with Crippen LogP contribution in [0.2, 0.25) is 0 Å². The molecule has 0 saturated carbocycles. The first-order chi connectivity index (χ1) is 9.33. The molecule has 2 aromatic rings. The first kappa shape index (κ1) is 13.8. The molecule has 0 saturated heterocycles. The Balaban J connectivity index is 1.87. The molecular formula is C14H18N2O2S. The summed E-state index contributed by atoms with van der Waals surface area (Å²) in [7, 11) is 3.35. The van der Waals surface area contributed by atoms with Crippen LogP contribution in [0.4, 0.5) is 0 Å². The Kier molecular flexibility index (Phi) is 5.18. The number of benzene rings is 1. The van der Waals surface area contributed by atoms with Gasteiger partial charge in [-0.1, -0.05) is 0 Å². The van der Waals surface area contributed by atoms with E-state index in [1.807, 2.05) is 29.8 Å². The maximum absolute atomic E-state index is 5.34. The topological polar surface area (TPSA) is 43.4 Å². The van der Waals surface area contributed by atoms with Crippen molar-refractivity contribution >= 4 is 11.3 Å². The predicted octanol–water partition coefficient (Wildman–Crippen LogP) is 2.49. The Bertz CT molecular complexity index is 500. The second kappa shape index (κ2) is 7.11. The molecule has 0 spiro atoms. The van der Waals surface area contributed by atoms with Crippen LogP contribution < -0.4 is 14.8 Å². The molecule has 0 fully saturated rings. The van der Waals surface area contributed by atoms with E-state index >= 15 is 0 Å². The second-order valence-corrected chi connectivity index (χ2v) is 5.01. The van der Waals surface area contributed by atoms with Crippen molar-refractivity contribution < 1.29 is 9.47 Å². The van der Waals surface area contributed by atoms with Gasteiger partial charge in [0.05, 0.1) is 19.2 Å². The van der Waals surface area contributed by atoms with Crippen molar-refractivity contribution in [3.8, 4) is 11.5 Å². The van der Waals surface area contributed by atoms with Crippen molar-refractivity contribution in [2.24, 2.45) is 0 Å². The lowest BCUT2D eigenvalue weighted by atomic mass is 10.2. The quantitative estimate of drug-likeness (QED) is 0.790. The minimum Gasteiger partial charge on any atom is -0.497 e. The van der Waals surface area contributed by atoms with Crippen molar-refractivity contribution in [2.45, 2.75) is 13.0 Å². The maximum atomic E-state index is 5.34. The normalized spacial score (nSPS) is 10.4. The highest BCUT2D eigenvalue weighted by Gasteiger charge is 2.04. The molecule has 5 heteroatoms. The summed E-state index contributed by atoms with van der Waals surface area (Å²) >= 11 is 1.69. The molecule has 0 radical (unpaired) electrons. The molecule has 1 heterocycles. The number of aromatic nitrogens is 1. The van der Waals surface area contributed by atoms with Crippen LogP contribution in [0.15, 0.2) is 29.8 Å². The summed E-state index contributed by atoms with van der Waals surface area (Å²) in [5.74, 6) is 1.72. The van der Waals surface area contributed by atoms with Gasteiger partial charge in [0.25, 0.3) is 0 Å². The summed E-state index contributed by atoms with van der Waals surface area (Å²) in [6, 6.07) is 5.82. The average Bonchev–Trinajstić information content (AvgIpc) is 2.96. The Morgan fingerprint density at radius 1 is 1.26 bits per heavy atom. The molecule has 0 aliphatic rings. The van der Waals surface area contributed by atoms with Crippen molar-refractivity contribution in [1.82, 2.24) is 10.3 Å². The van der Waals surface area contributed by atoms with Gasteiger partial charge in [-0.3, -0.25) is 0 Å². The third-order valence-corrected chi connectivity index (χ3v) is 3.64. The van der Waals surface area contributed by atoms with Crippen LogP contribution in [0, 0.1) is 0 Å². The number of thiazole rings is 1. The van der Waals surface area contributed by atoms with E-state index in [-0.39, 0.29) is 0 Å². The van der Waals surface area contributed by atoms with Gasteiger partial charge < -0.3 is 14.8 Å². The fraction of sp³-hybridized carbons (Fsp3) is 0.357. The molecule has 2 rings (SSSR count). The SMILES string of the molecule is COc1ccc(OC)c(CNCCc2nccs2)c1. The van der Waals surface area contributed by atoms with Gasteiger partial charge in [-0.2, -0.15) is 0 Å². The molecule has 0 bridgehead atoms. The molecule has 0 aliphatic heterocycles. The Labute approximate surface area is 117 Å². The standard InChI is InChI=1S/C14H18N2O2S/c1-17-12-3-4-13(18-2)11(9-12)10-15-6-5-14-16-7-8-19-14/h3-4,7-9,15H,5-6,10H2,1-2H3. The number of ether oxygens (including phenoxy) is 2. The zero-order valence-electron chi connectivity index (χ0n) is 11.2. The largest absolute Gasteiger partial charge is 0.497 e. The van der Waals surface area contributed by atoms with Crippen molar-refractivity contribution in [2.75, 3.05) is 20.8 Å². The van der Waals surface area contributed by atoms with Gasteiger partial charge >= 0.3 is 0 Å². The van der Waals surface area contributed by atoms with E-state index in [1.165, 1.54) is 0 Å². The van der Waals surface area contributed by atoms with Crippen molar-refractivity contribution in [1.29, 1.82) is 0 Å². The fourth-order valence-electron chi connectivity index (χ4n) is 1.81. The molecule has 1 aromatic heterocycles. The van der Waals surface area contributed by atoms with Gasteiger partial charge in [0.15, 0.2) is 0 Å². The molecule has 102 valence electrons. The third-order valence-electron chi connectivity index (χ3n) is 2.80. The lowest BCUT2D eigenvalue weighted by molar-refractivity contribution is 0.397. The Morgan fingerprint density at radius 3 is 2.84 bits per heavy atom. The van der Waals surface area contributed by atoms with Crippen molar-refractivity contribution in [3.63, 3.8) is 0 Å². The first-order valence-electron chi connectivity index (χ1n) is 6.13. The lowest BCUT2D eigenvalue weighted by Gasteiger charge is -2.11. The van der Waals surface area contributed by atoms with Gasteiger partial charge in [0.1, 0.15) is 11.5 Å². The van der Waals surface area contributed by atoms with E-state index in [2.05, 4.69) is 10.3 Å². The van der Waals surface area contributed by atoms with E-state index in [1.54, 1.807) is 25.6 Å².